The summed E-state index contributed by atoms with van der Waals surface area (Å²) in [6.07, 6.45) is 0. The van der Waals surface area contributed by atoms with Gasteiger partial charge in [-0.1, -0.05) is 72.3 Å². The van der Waals surface area contributed by atoms with Crippen LogP contribution < -0.4 is 5.73 Å². The van der Waals surface area contributed by atoms with Crippen LogP contribution in [0.15, 0.2) is 66.7 Å². The van der Waals surface area contributed by atoms with Crippen LogP contribution in [0.3, 0.4) is 0 Å². The Balaban J connectivity index is 2.16. The molecule has 0 saturated carbocycles. The summed E-state index contributed by atoms with van der Waals surface area (Å²) in [6.45, 7) is 0. The Hall–Kier alpha value is -3.42. The van der Waals surface area contributed by atoms with E-state index in [2.05, 4.69) is 11.1 Å². The number of rotatable bonds is 2. The van der Waals surface area contributed by atoms with Gasteiger partial charge >= 0.3 is 0 Å². The van der Waals surface area contributed by atoms with Crippen molar-refractivity contribution in [1.29, 1.82) is 5.26 Å². The van der Waals surface area contributed by atoms with Gasteiger partial charge in [0.1, 0.15) is 22.6 Å². The van der Waals surface area contributed by atoms with E-state index in [0.29, 0.717) is 10.9 Å². The molecule has 0 aliphatic heterocycles. The predicted octanol–water partition coefficient (Wildman–Crippen LogP) is 5.07. The van der Waals surface area contributed by atoms with Crippen molar-refractivity contribution in [3.05, 3.63) is 77.4 Å². The van der Waals surface area contributed by atoms with Gasteiger partial charge in [-0.3, -0.25) is 0 Å². The first-order valence-corrected chi connectivity index (χ1v) is 8.37. The fourth-order valence-electron chi connectivity index (χ4n) is 2.99. The first kappa shape index (κ1) is 16.1. The SMILES string of the molecule is N#Cc1c(N)nc(Cl)c2c(-c3ccccc3)cc(-c3ccccc3)nc12. The van der Waals surface area contributed by atoms with E-state index in [-0.39, 0.29) is 16.5 Å². The topological polar surface area (TPSA) is 75.6 Å². The van der Waals surface area contributed by atoms with Gasteiger partial charge in [0.25, 0.3) is 0 Å². The Bertz CT molecular complexity index is 1150. The van der Waals surface area contributed by atoms with Crippen molar-refractivity contribution >= 4 is 28.3 Å². The summed E-state index contributed by atoms with van der Waals surface area (Å²) in [7, 11) is 0. The largest absolute Gasteiger partial charge is 0.382 e. The molecule has 2 N–H and O–H groups in total. The molecular weight excluding hydrogens is 344 g/mol. The van der Waals surface area contributed by atoms with Crippen LogP contribution in [-0.4, -0.2) is 9.97 Å². The number of anilines is 1. The molecule has 0 aliphatic carbocycles. The molecule has 0 radical (unpaired) electrons. The number of fused-ring (bicyclic) bond motifs is 1. The average Bonchev–Trinajstić information content (AvgIpc) is 2.68. The molecule has 0 aliphatic rings. The average molecular weight is 357 g/mol. The zero-order chi connectivity index (χ0) is 18.1. The van der Waals surface area contributed by atoms with Gasteiger partial charge in [0.2, 0.25) is 0 Å². The number of nitriles is 1. The molecule has 26 heavy (non-hydrogen) atoms. The molecule has 0 saturated heterocycles. The molecule has 124 valence electrons. The van der Waals surface area contributed by atoms with Crippen LogP contribution >= 0.6 is 11.6 Å². The smallest absolute Gasteiger partial charge is 0.145 e. The number of nitrogens with two attached hydrogens (primary N) is 1. The molecule has 2 aromatic heterocycles. The van der Waals surface area contributed by atoms with Gasteiger partial charge in [-0.15, -0.1) is 0 Å². The van der Waals surface area contributed by atoms with E-state index in [1.165, 1.54) is 0 Å². The quantitative estimate of drug-likeness (QED) is 0.509. The molecule has 5 heteroatoms. The highest BCUT2D eigenvalue weighted by molar-refractivity contribution is 6.35. The van der Waals surface area contributed by atoms with E-state index < -0.39 is 0 Å². The normalized spacial score (nSPS) is 10.6. The van der Waals surface area contributed by atoms with Gasteiger partial charge in [-0.2, -0.15) is 5.26 Å². The van der Waals surface area contributed by atoms with Gasteiger partial charge < -0.3 is 5.73 Å². The zero-order valence-electron chi connectivity index (χ0n) is 13.6. The van der Waals surface area contributed by atoms with Gasteiger partial charge in [-0.25, -0.2) is 9.97 Å². The van der Waals surface area contributed by atoms with E-state index in [4.69, 9.17) is 22.3 Å². The van der Waals surface area contributed by atoms with Crippen LogP contribution in [0.25, 0.3) is 33.3 Å². The monoisotopic (exact) mass is 356 g/mol. The Kier molecular flexibility index (Phi) is 4.00. The standard InChI is InChI=1S/C21H13ClN4/c22-20-18-15(13-7-3-1-4-8-13)11-17(14-9-5-2-6-10-14)25-19(18)16(12-23)21(24)26-20/h1-11H,(H2,24,26). The first-order chi connectivity index (χ1) is 12.7. The zero-order valence-corrected chi connectivity index (χ0v) is 14.4. The van der Waals surface area contributed by atoms with Crippen molar-refractivity contribution < 1.29 is 0 Å². The van der Waals surface area contributed by atoms with Crippen molar-refractivity contribution in [2.75, 3.05) is 5.73 Å². The number of halogens is 1. The molecule has 0 fully saturated rings. The number of nitrogen functional groups attached to an aromatic ring is 1. The third-order valence-electron chi connectivity index (χ3n) is 4.20. The molecule has 0 amide bonds. The Labute approximate surface area is 155 Å². The van der Waals surface area contributed by atoms with E-state index in [0.717, 1.165) is 22.4 Å². The van der Waals surface area contributed by atoms with Crippen molar-refractivity contribution in [2.24, 2.45) is 0 Å². The van der Waals surface area contributed by atoms with Gasteiger partial charge in [0.05, 0.1) is 11.2 Å². The molecule has 0 spiro atoms. The lowest BCUT2D eigenvalue weighted by Gasteiger charge is -2.13. The van der Waals surface area contributed by atoms with Gasteiger partial charge in [0, 0.05) is 10.9 Å². The van der Waals surface area contributed by atoms with Crippen molar-refractivity contribution in [3.8, 4) is 28.5 Å². The number of benzene rings is 2. The lowest BCUT2D eigenvalue weighted by Crippen LogP contribution is -2.00. The minimum absolute atomic E-state index is 0.0849. The molecule has 4 rings (SSSR count). The molecule has 0 unspecified atom stereocenters. The van der Waals surface area contributed by atoms with Crippen LogP contribution in [0.4, 0.5) is 5.82 Å². The summed E-state index contributed by atoms with van der Waals surface area (Å²) >= 11 is 6.40. The molecule has 2 aromatic carbocycles. The van der Waals surface area contributed by atoms with Crippen LogP contribution in [-0.2, 0) is 0 Å². The van der Waals surface area contributed by atoms with E-state index >= 15 is 0 Å². The molecule has 0 bridgehead atoms. The van der Waals surface area contributed by atoms with Crippen LogP contribution in [0.1, 0.15) is 5.56 Å². The van der Waals surface area contributed by atoms with Crippen molar-refractivity contribution in [2.45, 2.75) is 0 Å². The fraction of sp³-hybridized carbons (Fsp3) is 0. The predicted molar refractivity (Wildman–Crippen MR) is 105 cm³/mol. The lowest BCUT2D eigenvalue weighted by atomic mass is 9.98. The molecule has 4 aromatic rings. The number of aromatic nitrogens is 2. The fourth-order valence-corrected chi connectivity index (χ4v) is 3.27. The Morgan fingerprint density at radius 2 is 1.50 bits per heavy atom. The highest BCUT2D eigenvalue weighted by Gasteiger charge is 2.18. The molecule has 2 heterocycles. The van der Waals surface area contributed by atoms with Gasteiger partial charge in [-0.05, 0) is 17.2 Å². The second-order valence-corrected chi connectivity index (χ2v) is 6.14. The first-order valence-electron chi connectivity index (χ1n) is 7.99. The number of hydrogen-bond acceptors (Lipinski definition) is 4. The molecule has 4 nitrogen and oxygen atoms in total. The lowest BCUT2D eigenvalue weighted by molar-refractivity contribution is 1.30. The van der Waals surface area contributed by atoms with E-state index in [1.807, 2.05) is 66.7 Å². The summed E-state index contributed by atoms with van der Waals surface area (Å²) in [4.78, 5) is 8.84. The maximum absolute atomic E-state index is 9.58. The highest BCUT2D eigenvalue weighted by atomic mass is 35.5. The van der Waals surface area contributed by atoms with E-state index in [1.54, 1.807) is 0 Å². The summed E-state index contributed by atoms with van der Waals surface area (Å²) in [5.74, 6) is 0.0849. The maximum Gasteiger partial charge on any atom is 0.145 e. The second kappa shape index (κ2) is 6.47. The summed E-state index contributed by atoms with van der Waals surface area (Å²) in [5.41, 5.74) is 10.1. The molecular formula is C21H13ClN4. The molecule has 0 atom stereocenters. The van der Waals surface area contributed by atoms with Crippen molar-refractivity contribution in [1.82, 2.24) is 9.97 Å². The Morgan fingerprint density at radius 1 is 0.885 bits per heavy atom. The summed E-state index contributed by atoms with van der Waals surface area (Å²) in [5, 5.41) is 10.4. The van der Waals surface area contributed by atoms with Crippen LogP contribution in [0.2, 0.25) is 5.15 Å². The highest BCUT2D eigenvalue weighted by Crippen LogP contribution is 2.37. The second-order valence-electron chi connectivity index (χ2n) is 5.79. The summed E-state index contributed by atoms with van der Waals surface area (Å²) in [6, 6.07) is 23.7. The van der Waals surface area contributed by atoms with Crippen molar-refractivity contribution in [3.63, 3.8) is 0 Å². The van der Waals surface area contributed by atoms with Crippen LogP contribution in [0.5, 0.6) is 0 Å². The van der Waals surface area contributed by atoms with Gasteiger partial charge in [0.15, 0.2) is 0 Å². The Morgan fingerprint density at radius 3 is 2.12 bits per heavy atom. The number of hydrogen-bond donors (Lipinski definition) is 1. The number of nitrogens with zero attached hydrogens (tertiary/aromatic N) is 3. The van der Waals surface area contributed by atoms with E-state index in [9.17, 15) is 5.26 Å². The third-order valence-corrected chi connectivity index (χ3v) is 4.48. The summed E-state index contributed by atoms with van der Waals surface area (Å²) < 4.78 is 0. The van der Waals surface area contributed by atoms with Crippen LogP contribution in [0, 0.1) is 11.3 Å². The minimum Gasteiger partial charge on any atom is -0.382 e. The minimum atomic E-state index is 0.0849. The number of pyridine rings is 2. The maximum atomic E-state index is 9.58. The third kappa shape index (κ3) is 2.65.